The summed E-state index contributed by atoms with van der Waals surface area (Å²) in [4.78, 5) is 14.5. The van der Waals surface area contributed by atoms with Gasteiger partial charge < -0.3 is 5.11 Å². The molecule has 0 radical (unpaired) electrons. The predicted octanol–water partition coefficient (Wildman–Crippen LogP) is 1.33. The van der Waals surface area contributed by atoms with Crippen LogP contribution in [0.4, 0.5) is 0 Å². The highest BCUT2D eigenvalue weighted by Gasteiger charge is 2.05. The first kappa shape index (κ1) is 8.71. The van der Waals surface area contributed by atoms with Crippen molar-refractivity contribution in [3.8, 4) is 0 Å². The van der Waals surface area contributed by atoms with E-state index in [4.69, 9.17) is 5.11 Å². The fourth-order valence-electron chi connectivity index (χ4n) is 1.05. The second-order valence-electron chi connectivity index (χ2n) is 2.75. The Balaban J connectivity index is 3.00. The molecule has 3 heteroatoms. The van der Waals surface area contributed by atoms with Crippen molar-refractivity contribution in [3.63, 3.8) is 0 Å². The first-order valence-electron chi connectivity index (χ1n) is 3.74. The van der Waals surface area contributed by atoms with Crippen LogP contribution in [-0.2, 0) is 11.2 Å². The molecule has 0 atom stereocenters. The summed E-state index contributed by atoms with van der Waals surface area (Å²) in [6.07, 6.45) is 1.72. The van der Waals surface area contributed by atoms with E-state index in [2.05, 4.69) is 4.98 Å². The van der Waals surface area contributed by atoms with Gasteiger partial charge in [0.2, 0.25) is 0 Å². The third kappa shape index (κ3) is 1.81. The third-order valence-corrected chi connectivity index (χ3v) is 1.91. The number of hydrogen-bond acceptors (Lipinski definition) is 2. The lowest BCUT2D eigenvalue weighted by Crippen LogP contribution is -2.03. The minimum atomic E-state index is -0.802. The van der Waals surface area contributed by atoms with E-state index in [1.54, 1.807) is 12.3 Å². The first-order chi connectivity index (χ1) is 5.61. The Hall–Kier alpha value is -1.38. The Morgan fingerprint density at radius 3 is 2.83 bits per heavy atom. The lowest BCUT2D eigenvalue weighted by Gasteiger charge is -2.03. The van der Waals surface area contributed by atoms with Crippen LogP contribution in [-0.4, -0.2) is 16.1 Å². The molecule has 3 nitrogen and oxygen atoms in total. The Morgan fingerprint density at radius 2 is 2.25 bits per heavy atom. The van der Waals surface area contributed by atoms with Gasteiger partial charge in [-0.05, 0) is 31.0 Å². The Kier molecular flexibility index (Phi) is 2.43. The number of nitrogens with zero attached hydrogens (tertiary/aromatic N) is 1. The molecule has 0 aliphatic heterocycles. The second-order valence-corrected chi connectivity index (χ2v) is 2.75. The quantitative estimate of drug-likeness (QED) is 0.719. The molecule has 0 bridgehead atoms. The fraction of sp³-hybridized carbons (Fsp3) is 0.333. The molecule has 1 N–H and O–H groups in total. The Bertz CT molecular complexity index is 307. The van der Waals surface area contributed by atoms with Crippen molar-refractivity contribution >= 4 is 5.97 Å². The van der Waals surface area contributed by atoms with Crippen molar-refractivity contribution in [2.45, 2.75) is 20.3 Å². The first-order valence-corrected chi connectivity index (χ1v) is 3.74. The summed E-state index contributed by atoms with van der Waals surface area (Å²) in [7, 11) is 0. The minimum Gasteiger partial charge on any atom is -0.481 e. The zero-order chi connectivity index (χ0) is 9.14. The molecule has 0 spiro atoms. The van der Waals surface area contributed by atoms with Crippen molar-refractivity contribution < 1.29 is 9.90 Å². The lowest BCUT2D eigenvalue weighted by atomic mass is 10.1. The Labute approximate surface area is 71.1 Å². The predicted molar refractivity (Wildman–Crippen MR) is 45.1 cm³/mol. The van der Waals surface area contributed by atoms with Crippen LogP contribution < -0.4 is 0 Å². The van der Waals surface area contributed by atoms with Crippen molar-refractivity contribution in [2.75, 3.05) is 0 Å². The molecule has 0 unspecified atom stereocenters. The fourth-order valence-corrected chi connectivity index (χ4v) is 1.05. The van der Waals surface area contributed by atoms with Crippen molar-refractivity contribution in [2.24, 2.45) is 0 Å². The second kappa shape index (κ2) is 3.34. The molecule has 0 saturated heterocycles. The van der Waals surface area contributed by atoms with Crippen LogP contribution in [0.2, 0.25) is 0 Å². The van der Waals surface area contributed by atoms with Gasteiger partial charge in [-0.25, -0.2) is 0 Å². The number of carbonyl (C=O) groups is 1. The van der Waals surface area contributed by atoms with Gasteiger partial charge in [0.15, 0.2) is 0 Å². The third-order valence-electron chi connectivity index (χ3n) is 1.91. The highest BCUT2D eigenvalue weighted by atomic mass is 16.4. The average molecular weight is 165 g/mol. The van der Waals surface area contributed by atoms with Crippen LogP contribution in [0.15, 0.2) is 12.3 Å². The van der Waals surface area contributed by atoms with Gasteiger partial charge in [0.05, 0.1) is 6.42 Å². The molecule has 64 valence electrons. The van der Waals surface area contributed by atoms with E-state index in [1.165, 1.54) is 0 Å². The van der Waals surface area contributed by atoms with E-state index in [0.29, 0.717) is 0 Å². The maximum absolute atomic E-state index is 10.4. The summed E-state index contributed by atoms with van der Waals surface area (Å²) >= 11 is 0. The van der Waals surface area contributed by atoms with Gasteiger partial charge in [0, 0.05) is 11.9 Å². The van der Waals surface area contributed by atoms with Gasteiger partial charge in [0.25, 0.3) is 0 Å². The van der Waals surface area contributed by atoms with Crippen LogP contribution in [0.3, 0.4) is 0 Å². The monoisotopic (exact) mass is 165 g/mol. The topological polar surface area (TPSA) is 50.2 Å². The largest absolute Gasteiger partial charge is 0.481 e. The van der Waals surface area contributed by atoms with Gasteiger partial charge in [0.1, 0.15) is 0 Å². The van der Waals surface area contributed by atoms with Crippen LogP contribution >= 0.6 is 0 Å². The zero-order valence-corrected chi connectivity index (χ0v) is 7.16. The maximum atomic E-state index is 10.4. The normalized spacial score (nSPS) is 9.83. The number of aromatic nitrogens is 1. The maximum Gasteiger partial charge on any atom is 0.307 e. The minimum absolute atomic E-state index is 0.0786. The van der Waals surface area contributed by atoms with Crippen LogP contribution in [0, 0.1) is 13.8 Å². The summed E-state index contributed by atoms with van der Waals surface area (Å²) in [5, 5.41) is 8.56. The van der Waals surface area contributed by atoms with Crippen molar-refractivity contribution in [1.29, 1.82) is 0 Å². The summed E-state index contributed by atoms with van der Waals surface area (Å²) in [5.74, 6) is -0.802. The molecule has 0 aliphatic carbocycles. The van der Waals surface area contributed by atoms with E-state index in [9.17, 15) is 4.79 Å². The SMILES string of the molecule is Cc1nccc(CC(=O)O)c1C. The molecular weight excluding hydrogens is 154 g/mol. The molecule has 1 aromatic heterocycles. The number of carboxylic acid groups (broad SMARTS) is 1. The highest BCUT2D eigenvalue weighted by molar-refractivity contribution is 5.70. The summed E-state index contributed by atoms with van der Waals surface area (Å²) < 4.78 is 0. The van der Waals surface area contributed by atoms with Crippen molar-refractivity contribution in [3.05, 3.63) is 29.1 Å². The number of rotatable bonds is 2. The van der Waals surface area contributed by atoms with Gasteiger partial charge >= 0.3 is 5.97 Å². The standard InChI is InChI=1S/C9H11NO2/c1-6-7(2)10-4-3-8(6)5-9(11)12/h3-4H,5H2,1-2H3,(H,11,12). The summed E-state index contributed by atoms with van der Waals surface area (Å²) in [5.41, 5.74) is 2.71. The number of aliphatic carboxylic acids is 1. The van der Waals surface area contributed by atoms with Crippen LogP contribution in [0.1, 0.15) is 16.8 Å². The van der Waals surface area contributed by atoms with Gasteiger partial charge in [-0.15, -0.1) is 0 Å². The van der Waals surface area contributed by atoms with Gasteiger partial charge in [-0.1, -0.05) is 0 Å². The van der Waals surface area contributed by atoms with Gasteiger partial charge in [-0.3, -0.25) is 9.78 Å². The molecule has 1 aromatic rings. The lowest BCUT2D eigenvalue weighted by molar-refractivity contribution is -0.136. The molecular formula is C9H11NO2. The van der Waals surface area contributed by atoms with Crippen molar-refractivity contribution in [1.82, 2.24) is 4.98 Å². The average Bonchev–Trinajstić information content (AvgIpc) is 1.98. The Morgan fingerprint density at radius 1 is 1.58 bits per heavy atom. The molecule has 1 rings (SSSR count). The molecule has 0 aliphatic rings. The summed E-state index contributed by atoms with van der Waals surface area (Å²) in [6, 6.07) is 1.75. The molecule has 0 saturated carbocycles. The molecule has 12 heavy (non-hydrogen) atoms. The zero-order valence-electron chi connectivity index (χ0n) is 7.16. The number of aryl methyl sites for hydroxylation is 1. The number of hydrogen-bond donors (Lipinski definition) is 1. The van der Waals surface area contributed by atoms with Crippen LogP contribution in [0.25, 0.3) is 0 Å². The molecule has 0 amide bonds. The van der Waals surface area contributed by atoms with E-state index < -0.39 is 5.97 Å². The molecule has 0 aromatic carbocycles. The van der Waals surface area contributed by atoms with E-state index in [-0.39, 0.29) is 6.42 Å². The number of pyridine rings is 1. The smallest absolute Gasteiger partial charge is 0.307 e. The van der Waals surface area contributed by atoms with E-state index >= 15 is 0 Å². The van der Waals surface area contributed by atoms with Gasteiger partial charge in [-0.2, -0.15) is 0 Å². The van der Waals surface area contributed by atoms with E-state index in [0.717, 1.165) is 16.8 Å². The number of carboxylic acids is 1. The summed E-state index contributed by atoms with van der Waals surface area (Å²) in [6.45, 7) is 3.77. The highest BCUT2D eigenvalue weighted by Crippen LogP contribution is 2.10. The molecule has 0 fully saturated rings. The van der Waals surface area contributed by atoms with Crippen LogP contribution in [0.5, 0.6) is 0 Å². The molecule has 1 heterocycles. The van der Waals surface area contributed by atoms with E-state index in [1.807, 2.05) is 13.8 Å².